The minimum absolute atomic E-state index is 0.785. The van der Waals surface area contributed by atoms with Crippen molar-refractivity contribution in [2.24, 2.45) is 5.92 Å². The molecule has 2 heteroatoms. The first-order valence-corrected chi connectivity index (χ1v) is 5.79. The highest BCUT2D eigenvalue weighted by atomic mass is 15.2. The lowest BCUT2D eigenvalue weighted by molar-refractivity contribution is 0.0831. The van der Waals surface area contributed by atoms with E-state index in [4.69, 9.17) is 0 Å². The number of likely N-dealkylation sites (tertiary alicyclic amines) is 1. The van der Waals surface area contributed by atoms with Crippen LogP contribution >= 0.6 is 0 Å². The van der Waals surface area contributed by atoms with Gasteiger partial charge in [-0.15, -0.1) is 0 Å². The molecule has 2 aliphatic heterocycles. The second kappa shape index (κ2) is 3.97. The fourth-order valence-corrected chi connectivity index (χ4v) is 2.89. The van der Waals surface area contributed by atoms with E-state index in [0.717, 1.165) is 18.0 Å². The first kappa shape index (κ1) is 9.47. The molecule has 2 fully saturated rings. The van der Waals surface area contributed by atoms with Gasteiger partial charge in [0.05, 0.1) is 0 Å². The van der Waals surface area contributed by atoms with E-state index < -0.39 is 0 Å². The summed E-state index contributed by atoms with van der Waals surface area (Å²) in [5.41, 5.74) is 0. The van der Waals surface area contributed by atoms with Crippen molar-refractivity contribution in [2.45, 2.75) is 45.2 Å². The molecular formula is C11H22N2. The first-order valence-electron chi connectivity index (χ1n) is 5.79. The van der Waals surface area contributed by atoms with Crippen molar-refractivity contribution in [1.29, 1.82) is 0 Å². The summed E-state index contributed by atoms with van der Waals surface area (Å²) in [5, 5.41) is 3.53. The zero-order chi connectivity index (χ0) is 9.26. The van der Waals surface area contributed by atoms with Gasteiger partial charge in [-0.25, -0.2) is 0 Å². The molecule has 3 atom stereocenters. The van der Waals surface area contributed by atoms with E-state index in [-0.39, 0.29) is 0 Å². The van der Waals surface area contributed by atoms with E-state index in [1.807, 2.05) is 0 Å². The van der Waals surface area contributed by atoms with Crippen molar-refractivity contribution < 1.29 is 0 Å². The Labute approximate surface area is 81.7 Å². The third-order valence-corrected chi connectivity index (χ3v) is 3.88. The summed E-state index contributed by atoms with van der Waals surface area (Å²) in [6.07, 6.45) is 4.15. The minimum atomic E-state index is 0.785. The molecule has 0 spiro atoms. The van der Waals surface area contributed by atoms with Gasteiger partial charge in [0.2, 0.25) is 0 Å². The number of hydrogen-bond donors (Lipinski definition) is 1. The Morgan fingerprint density at radius 3 is 3.08 bits per heavy atom. The number of fused-ring (bicyclic) bond motifs is 1. The lowest BCUT2D eigenvalue weighted by atomic mass is 9.90. The van der Waals surface area contributed by atoms with E-state index >= 15 is 0 Å². The summed E-state index contributed by atoms with van der Waals surface area (Å²) in [7, 11) is 0. The van der Waals surface area contributed by atoms with E-state index in [1.165, 1.54) is 38.9 Å². The SMILES string of the molecule is CCC(C)N1CCC[C@@H]2CNC[C@@H]21. The van der Waals surface area contributed by atoms with E-state index in [1.54, 1.807) is 0 Å². The van der Waals surface area contributed by atoms with Crippen molar-refractivity contribution in [3.05, 3.63) is 0 Å². The number of rotatable bonds is 2. The van der Waals surface area contributed by atoms with Crippen LogP contribution in [0.3, 0.4) is 0 Å². The van der Waals surface area contributed by atoms with Gasteiger partial charge >= 0.3 is 0 Å². The van der Waals surface area contributed by atoms with Crippen LogP contribution in [0.2, 0.25) is 0 Å². The predicted molar refractivity (Wildman–Crippen MR) is 55.8 cm³/mol. The molecule has 0 radical (unpaired) electrons. The molecule has 0 saturated carbocycles. The Morgan fingerprint density at radius 1 is 1.46 bits per heavy atom. The van der Waals surface area contributed by atoms with Crippen molar-refractivity contribution in [2.75, 3.05) is 19.6 Å². The molecule has 1 unspecified atom stereocenters. The van der Waals surface area contributed by atoms with Crippen LogP contribution in [0, 0.1) is 5.92 Å². The largest absolute Gasteiger partial charge is 0.315 e. The van der Waals surface area contributed by atoms with Crippen LogP contribution < -0.4 is 5.32 Å². The molecule has 2 nitrogen and oxygen atoms in total. The van der Waals surface area contributed by atoms with Crippen molar-refractivity contribution >= 4 is 0 Å². The van der Waals surface area contributed by atoms with Gasteiger partial charge in [0.15, 0.2) is 0 Å². The molecule has 2 saturated heterocycles. The average molecular weight is 182 g/mol. The summed E-state index contributed by atoms with van der Waals surface area (Å²) >= 11 is 0. The van der Waals surface area contributed by atoms with Gasteiger partial charge in [0.25, 0.3) is 0 Å². The first-order chi connectivity index (χ1) is 6.33. The Balaban J connectivity index is 2.01. The summed E-state index contributed by atoms with van der Waals surface area (Å²) in [6.45, 7) is 8.50. The van der Waals surface area contributed by atoms with Gasteiger partial charge in [-0.2, -0.15) is 0 Å². The Morgan fingerprint density at radius 2 is 2.31 bits per heavy atom. The molecular weight excluding hydrogens is 160 g/mol. The highest BCUT2D eigenvalue weighted by Crippen LogP contribution is 2.28. The van der Waals surface area contributed by atoms with E-state index in [0.29, 0.717) is 0 Å². The zero-order valence-corrected chi connectivity index (χ0v) is 8.92. The molecule has 76 valence electrons. The van der Waals surface area contributed by atoms with Crippen molar-refractivity contribution in [3.63, 3.8) is 0 Å². The molecule has 0 aromatic heterocycles. The average Bonchev–Trinajstić information content (AvgIpc) is 2.63. The van der Waals surface area contributed by atoms with Crippen molar-refractivity contribution in [3.8, 4) is 0 Å². The number of piperidine rings is 1. The summed E-state index contributed by atoms with van der Waals surface area (Å²) in [4.78, 5) is 2.73. The number of hydrogen-bond acceptors (Lipinski definition) is 2. The summed E-state index contributed by atoms with van der Waals surface area (Å²) in [5.74, 6) is 0.947. The van der Waals surface area contributed by atoms with Gasteiger partial charge in [-0.3, -0.25) is 4.90 Å². The maximum Gasteiger partial charge on any atom is 0.0263 e. The Bertz CT molecular complexity index is 169. The monoisotopic (exact) mass is 182 g/mol. The van der Waals surface area contributed by atoms with Crippen LogP contribution in [0.15, 0.2) is 0 Å². The van der Waals surface area contributed by atoms with Gasteiger partial charge in [0, 0.05) is 18.6 Å². The predicted octanol–water partition coefficient (Wildman–Crippen LogP) is 1.47. The maximum absolute atomic E-state index is 3.53. The fourth-order valence-electron chi connectivity index (χ4n) is 2.89. The van der Waals surface area contributed by atoms with Crippen LogP contribution in [0.25, 0.3) is 0 Å². The van der Waals surface area contributed by atoms with E-state index in [9.17, 15) is 0 Å². The standard InChI is InChI=1S/C11H22N2/c1-3-9(2)13-6-4-5-10-7-12-8-11(10)13/h9-12H,3-8H2,1-2H3/t9?,10-,11+/m1/s1. The molecule has 0 bridgehead atoms. The Kier molecular flexibility index (Phi) is 2.89. The summed E-state index contributed by atoms with van der Waals surface area (Å²) < 4.78 is 0. The van der Waals surface area contributed by atoms with Crippen LogP contribution in [-0.4, -0.2) is 36.6 Å². The third kappa shape index (κ3) is 1.75. The van der Waals surface area contributed by atoms with Crippen LogP contribution in [0.1, 0.15) is 33.1 Å². The molecule has 2 rings (SSSR count). The second-order valence-corrected chi connectivity index (χ2v) is 4.62. The third-order valence-electron chi connectivity index (χ3n) is 3.88. The van der Waals surface area contributed by atoms with Crippen molar-refractivity contribution in [1.82, 2.24) is 10.2 Å². The summed E-state index contributed by atoms with van der Waals surface area (Å²) in [6, 6.07) is 1.64. The van der Waals surface area contributed by atoms with Gasteiger partial charge in [-0.1, -0.05) is 6.92 Å². The normalized spacial score (nSPS) is 37.4. The smallest absolute Gasteiger partial charge is 0.0263 e. The molecule has 13 heavy (non-hydrogen) atoms. The zero-order valence-electron chi connectivity index (χ0n) is 8.92. The number of nitrogens with one attached hydrogen (secondary N) is 1. The van der Waals surface area contributed by atoms with Crippen LogP contribution in [0.4, 0.5) is 0 Å². The van der Waals surface area contributed by atoms with E-state index in [2.05, 4.69) is 24.1 Å². The maximum atomic E-state index is 3.53. The molecule has 2 heterocycles. The van der Waals surface area contributed by atoms with Gasteiger partial charge in [0.1, 0.15) is 0 Å². The number of nitrogens with zero attached hydrogens (tertiary/aromatic N) is 1. The molecule has 0 aliphatic carbocycles. The van der Waals surface area contributed by atoms with Crippen LogP contribution in [-0.2, 0) is 0 Å². The molecule has 0 amide bonds. The van der Waals surface area contributed by atoms with Crippen LogP contribution in [0.5, 0.6) is 0 Å². The molecule has 2 aliphatic rings. The molecule has 1 N–H and O–H groups in total. The van der Waals surface area contributed by atoms with Gasteiger partial charge < -0.3 is 5.32 Å². The Hall–Kier alpha value is -0.0800. The quantitative estimate of drug-likeness (QED) is 0.695. The highest BCUT2D eigenvalue weighted by molar-refractivity contribution is 4.93. The lowest BCUT2D eigenvalue weighted by Crippen LogP contribution is -2.49. The molecule has 0 aromatic rings. The molecule has 0 aromatic carbocycles. The minimum Gasteiger partial charge on any atom is -0.315 e. The fraction of sp³-hybridized carbons (Fsp3) is 1.00. The highest BCUT2D eigenvalue weighted by Gasteiger charge is 2.36. The second-order valence-electron chi connectivity index (χ2n) is 4.62. The topological polar surface area (TPSA) is 15.3 Å². The lowest BCUT2D eigenvalue weighted by Gasteiger charge is -2.40. The van der Waals surface area contributed by atoms with Gasteiger partial charge in [-0.05, 0) is 45.2 Å².